The Morgan fingerprint density at radius 3 is 2.50 bits per heavy atom. The summed E-state index contributed by atoms with van der Waals surface area (Å²) in [4.78, 5) is 12.1. The van der Waals surface area contributed by atoms with Crippen LogP contribution in [-0.2, 0) is 0 Å². The SMILES string of the molecule is Cc1cc(C(=O)NC2CCC(c3ccc(F)cc3)CC2)n[nH]1. The highest BCUT2D eigenvalue weighted by molar-refractivity contribution is 5.92. The normalized spacial score (nSPS) is 21.5. The molecule has 0 radical (unpaired) electrons. The number of nitrogens with one attached hydrogen (secondary N) is 2. The molecular formula is C17H20FN3O. The van der Waals surface area contributed by atoms with Crippen LogP contribution in [-0.4, -0.2) is 22.1 Å². The maximum absolute atomic E-state index is 13.0. The van der Waals surface area contributed by atoms with Gasteiger partial charge in [-0.15, -0.1) is 0 Å². The maximum atomic E-state index is 13.0. The van der Waals surface area contributed by atoms with Crippen molar-refractivity contribution in [2.75, 3.05) is 0 Å². The Morgan fingerprint density at radius 1 is 1.23 bits per heavy atom. The standard InChI is InChI=1S/C17H20FN3O/c1-11-10-16(21-20-11)17(22)19-15-8-4-13(5-9-15)12-2-6-14(18)7-3-12/h2-3,6-7,10,13,15H,4-5,8-9H2,1H3,(H,19,22)(H,20,21). The molecular weight excluding hydrogens is 281 g/mol. The summed E-state index contributed by atoms with van der Waals surface area (Å²) in [6, 6.07) is 8.71. The lowest BCUT2D eigenvalue weighted by Gasteiger charge is -2.29. The predicted octanol–water partition coefficient (Wildman–Crippen LogP) is 3.31. The average Bonchev–Trinajstić information content (AvgIpc) is 2.96. The molecule has 2 aromatic rings. The van der Waals surface area contributed by atoms with Crippen molar-refractivity contribution < 1.29 is 9.18 Å². The molecule has 2 N–H and O–H groups in total. The highest BCUT2D eigenvalue weighted by atomic mass is 19.1. The van der Waals surface area contributed by atoms with Crippen molar-refractivity contribution in [2.45, 2.75) is 44.6 Å². The molecule has 0 unspecified atom stereocenters. The number of carbonyl (C=O) groups excluding carboxylic acids is 1. The van der Waals surface area contributed by atoms with Crippen molar-refractivity contribution >= 4 is 5.91 Å². The van der Waals surface area contributed by atoms with E-state index in [0.717, 1.165) is 31.4 Å². The smallest absolute Gasteiger partial charge is 0.271 e. The van der Waals surface area contributed by atoms with Crippen LogP contribution in [0.2, 0.25) is 0 Å². The molecule has 1 heterocycles. The number of hydrogen-bond acceptors (Lipinski definition) is 2. The topological polar surface area (TPSA) is 57.8 Å². The number of H-pyrrole nitrogens is 1. The molecule has 0 bridgehead atoms. The van der Waals surface area contributed by atoms with E-state index >= 15 is 0 Å². The molecule has 1 aliphatic carbocycles. The fraction of sp³-hybridized carbons (Fsp3) is 0.412. The number of hydrogen-bond donors (Lipinski definition) is 2. The van der Waals surface area contributed by atoms with Gasteiger partial charge in [-0.05, 0) is 62.3 Å². The van der Waals surface area contributed by atoms with Crippen LogP contribution in [0.3, 0.4) is 0 Å². The predicted molar refractivity (Wildman–Crippen MR) is 82.2 cm³/mol. The monoisotopic (exact) mass is 301 g/mol. The Bertz CT molecular complexity index is 642. The summed E-state index contributed by atoms with van der Waals surface area (Å²) in [5.74, 6) is 0.148. The molecule has 1 fully saturated rings. The number of aromatic nitrogens is 2. The molecule has 0 atom stereocenters. The van der Waals surface area contributed by atoms with Gasteiger partial charge >= 0.3 is 0 Å². The Labute approximate surface area is 129 Å². The fourth-order valence-electron chi connectivity index (χ4n) is 3.10. The van der Waals surface area contributed by atoms with Crippen molar-refractivity contribution in [2.24, 2.45) is 0 Å². The summed E-state index contributed by atoms with van der Waals surface area (Å²) in [5, 5.41) is 9.81. The second-order valence-corrected chi connectivity index (χ2v) is 6.01. The molecule has 3 rings (SSSR count). The first-order valence-electron chi connectivity index (χ1n) is 7.70. The van der Waals surface area contributed by atoms with Crippen LogP contribution in [0.25, 0.3) is 0 Å². The second-order valence-electron chi connectivity index (χ2n) is 6.01. The molecule has 1 aliphatic rings. The van der Waals surface area contributed by atoms with Crippen LogP contribution in [0.4, 0.5) is 4.39 Å². The number of rotatable bonds is 3. The van der Waals surface area contributed by atoms with Crippen LogP contribution in [0.15, 0.2) is 30.3 Å². The van der Waals surface area contributed by atoms with Gasteiger partial charge < -0.3 is 5.32 Å². The Balaban J connectivity index is 1.53. The Kier molecular flexibility index (Phi) is 4.22. The minimum atomic E-state index is -0.195. The Hall–Kier alpha value is -2.17. The van der Waals surface area contributed by atoms with E-state index in [1.165, 1.54) is 17.7 Å². The number of amides is 1. The lowest BCUT2D eigenvalue weighted by molar-refractivity contribution is 0.0920. The van der Waals surface area contributed by atoms with Crippen LogP contribution in [0.5, 0.6) is 0 Å². The van der Waals surface area contributed by atoms with E-state index < -0.39 is 0 Å². The van der Waals surface area contributed by atoms with Crippen molar-refractivity contribution in [3.63, 3.8) is 0 Å². The van der Waals surface area contributed by atoms with E-state index in [4.69, 9.17) is 0 Å². The molecule has 1 aromatic carbocycles. The largest absolute Gasteiger partial charge is 0.348 e. The van der Waals surface area contributed by atoms with E-state index in [0.29, 0.717) is 11.6 Å². The number of nitrogens with zero attached hydrogens (tertiary/aromatic N) is 1. The summed E-state index contributed by atoms with van der Waals surface area (Å²) in [6.45, 7) is 1.87. The van der Waals surface area contributed by atoms with Gasteiger partial charge in [0, 0.05) is 11.7 Å². The van der Waals surface area contributed by atoms with E-state index in [1.807, 2.05) is 19.1 Å². The number of aryl methyl sites for hydroxylation is 1. The minimum Gasteiger partial charge on any atom is -0.348 e. The van der Waals surface area contributed by atoms with Gasteiger partial charge in [-0.2, -0.15) is 5.10 Å². The van der Waals surface area contributed by atoms with E-state index in [-0.39, 0.29) is 17.8 Å². The zero-order valence-electron chi connectivity index (χ0n) is 12.6. The quantitative estimate of drug-likeness (QED) is 0.913. The average molecular weight is 301 g/mol. The van der Waals surface area contributed by atoms with Gasteiger partial charge in [0.05, 0.1) is 0 Å². The third-order valence-corrected chi connectivity index (χ3v) is 4.34. The van der Waals surface area contributed by atoms with Crippen molar-refractivity contribution in [1.29, 1.82) is 0 Å². The van der Waals surface area contributed by atoms with E-state index in [1.54, 1.807) is 6.07 Å². The van der Waals surface area contributed by atoms with Crippen molar-refractivity contribution in [3.05, 3.63) is 53.1 Å². The molecule has 116 valence electrons. The third-order valence-electron chi connectivity index (χ3n) is 4.34. The minimum absolute atomic E-state index is 0.116. The van der Waals surface area contributed by atoms with Gasteiger partial charge in [-0.1, -0.05) is 12.1 Å². The highest BCUT2D eigenvalue weighted by Crippen LogP contribution is 2.32. The molecule has 4 nitrogen and oxygen atoms in total. The van der Waals surface area contributed by atoms with Gasteiger partial charge in [-0.25, -0.2) is 4.39 Å². The lowest BCUT2D eigenvalue weighted by Crippen LogP contribution is -2.37. The van der Waals surface area contributed by atoms with Gasteiger partial charge in [0.15, 0.2) is 0 Å². The first kappa shape index (κ1) is 14.8. The van der Waals surface area contributed by atoms with Crippen LogP contribution in [0, 0.1) is 12.7 Å². The van der Waals surface area contributed by atoms with Gasteiger partial charge in [-0.3, -0.25) is 9.89 Å². The summed E-state index contributed by atoms with van der Waals surface area (Å²) in [7, 11) is 0. The first-order chi connectivity index (χ1) is 10.6. The van der Waals surface area contributed by atoms with Crippen LogP contribution < -0.4 is 5.32 Å². The number of carbonyl (C=O) groups is 1. The molecule has 0 aliphatic heterocycles. The first-order valence-corrected chi connectivity index (χ1v) is 7.70. The number of aromatic amines is 1. The molecule has 1 saturated carbocycles. The van der Waals surface area contributed by atoms with Crippen LogP contribution in [0.1, 0.15) is 53.3 Å². The summed E-state index contributed by atoms with van der Waals surface area (Å²) < 4.78 is 13.0. The fourth-order valence-corrected chi connectivity index (χ4v) is 3.10. The van der Waals surface area contributed by atoms with Gasteiger partial charge in [0.1, 0.15) is 11.5 Å². The maximum Gasteiger partial charge on any atom is 0.271 e. The summed E-state index contributed by atoms with van der Waals surface area (Å²) in [5.41, 5.74) is 2.51. The lowest BCUT2D eigenvalue weighted by atomic mass is 9.82. The zero-order valence-corrected chi connectivity index (χ0v) is 12.6. The van der Waals surface area contributed by atoms with Crippen LogP contribution >= 0.6 is 0 Å². The number of benzene rings is 1. The highest BCUT2D eigenvalue weighted by Gasteiger charge is 2.24. The van der Waals surface area contributed by atoms with Gasteiger partial charge in [0.2, 0.25) is 0 Å². The van der Waals surface area contributed by atoms with E-state index in [2.05, 4.69) is 15.5 Å². The Morgan fingerprint density at radius 2 is 1.91 bits per heavy atom. The molecule has 0 spiro atoms. The van der Waals surface area contributed by atoms with E-state index in [9.17, 15) is 9.18 Å². The van der Waals surface area contributed by atoms with Gasteiger partial charge in [0.25, 0.3) is 5.91 Å². The summed E-state index contributed by atoms with van der Waals surface area (Å²) >= 11 is 0. The third kappa shape index (κ3) is 3.35. The molecule has 5 heteroatoms. The molecule has 1 aromatic heterocycles. The molecule has 22 heavy (non-hydrogen) atoms. The summed E-state index contributed by atoms with van der Waals surface area (Å²) in [6.07, 6.45) is 3.90. The second kappa shape index (κ2) is 6.30. The number of halogens is 1. The molecule has 1 amide bonds. The molecule has 0 saturated heterocycles. The zero-order chi connectivity index (χ0) is 15.5. The van der Waals surface area contributed by atoms with Crippen molar-refractivity contribution in [3.8, 4) is 0 Å². The van der Waals surface area contributed by atoms with Crippen molar-refractivity contribution in [1.82, 2.24) is 15.5 Å².